The van der Waals surface area contributed by atoms with Crippen LogP contribution in [0.25, 0.3) is 34.1 Å². The fourth-order valence-corrected chi connectivity index (χ4v) is 4.23. The van der Waals surface area contributed by atoms with Crippen molar-refractivity contribution in [2.24, 2.45) is 0 Å². The maximum atomic E-state index is 6.14. The Morgan fingerprint density at radius 2 is 1.69 bits per heavy atom. The van der Waals surface area contributed by atoms with Crippen LogP contribution in [0.15, 0.2) is 59.0 Å². The molecule has 164 valence electrons. The lowest BCUT2D eigenvalue weighted by Crippen LogP contribution is -2.41. The molecule has 1 aliphatic rings. The Balaban J connectivity index is 1.50. The average Bonchev–Trinajstić information content (AvgIpc) is 3.28. The fourth-order valence-electron chi connectivity index (χ4n) is 4.11. The summed E-state index contributed by atoms with van der Waals surface area (Å²) in [4.78, 5) is 16.7. The van der Waals surface area contributed by atoms with E-state index in [2.05, 4.69) is 22.1 Å². The summed E-state index contributed by atoms with van der Waals surface area (Å²) >= 11 is 6.04. The molecule has 0 aliphatic carbocycles. The lowest BCUT2D eigenvalue weighted by Gasteiger charge is -2.32. The summed E-state index contributed by atoms with van der Waals surface area (Å²) in [5, 5.41) is 4.19. The third-order valence-corrected chi connectivity index (χ3v) is 6.21. The van der Waals surface area contributed by atoms with Gasteiger partial charge in [-0.25, -0.2) is 9.97 Å². The highest BCUT2D eigenvalue weighted by Crippen LogP contribution is 2.30. The Kier molecular flexibility index (Phi) is 6.06. The second kappa shape index (κ2) is 9.27. The van der Waals surface area contributed by atoms with E-state index in [1.54, 1.807) is 0 Å². The minimum atomic E-state index is 0.402. The number of anilines is 1. The predicted molar refractivity (Wildman–Crippen MR) is 129 cm³/mol. The maximum absolute atomic E-state index is 6.14. The molecule has 0 saturated carbocycles. The lowest BCUT2D eigenvalue weighted by molar-refractivity contribution is 0.180. The molecule has 3 heterocycles. The number of rotatable bonds is 6. The van der Waals surface area contributed by atoms with E-state index >= 15 is 0 Å². The monoisotopic (exact) mass is 447 g/mol. The van der Waals surface area contributed by atoms with Gasteiger partial charge < -0.3 is 9.73 Å². The Morgan fingerprint density at radius 3 is 2.44 bits per heavy atom. The van der Waals surface area contributed by atoms with Crippen molar-refractivity contribution < 1.29 is 4.42 Å². The summed E-state index contributed by atoms with van der Waals surface area (Å²) in [5.74, 6) is 1.80. The smallest absolute Gasteiger partial charge is 0.229 e. The normalized spacial score (nSPS) is 15.7. The van der Waals surface area contributed by atoms with Crippen molar-refractivity contribution in [3.63, 3.8) is 0 Å². The first-order valence-electron chi connectivity index (χ1n) is 11.2. The molecule has 2 aromatic heterocycles. The summed E-state index contributed by atoms with van der Waals surface area (Å²) < 4.78 is 6.14. The van der Waals surface area contributed by atoms with E-state index < -0.39 is 0 Å². The maximum Gasteiger partial charge on any atom is 0.229 e. The van der Waals surface area contributed by atoms with E-state index in [-0.39, 0.29) is 0 Å². The van der Waals surface area contributed by atoms with Gasteiger partial charge in [-0.2, -0.15) is 4.98 Å². The van der Waals surface area contributed by atoms with Crippen LogP contribution in [0.5, 0.6) is 0 Å². The molecule has 0 radical (unpaired) electrons. The number of nitrogens with one attached hydrogen (secondary N) is 1. The molecule has 0 amide bonds. The SMILES string of the molecule is CC(CNc1nc(-c2ccccc2)nc2nc(-c3ccc(Cl)cc3)oc12)N1CCCCC1. The summed E-state index contributed by atoms with van der Waals surface area (Å²) in [6.07, 6.45) is 3.87. The third-order valence-electron chi connectivity index (χ3n) is 5.96. The van der Waals surface area contributed by atoms with E-state index in [4.69, 9.17) is 26.0 Å². The minimum absolute atomic E-state index is 0.402. The standard InChI is InChI=1S/C25H26ClN5O/c1-17(31-14-6-3-7-15-31)16-27-23-21-24(29-22(28-23)18-8-4-2-5-9-18)30-25(32-21)19-10-12-20(26)13-11-19/h2,4-5,8-13,17H,3,6-7,14-16H2,1H3,(H,27,28,29). The lowest BCUT2D eigenvalue weighted by atomic mass is 10.1. The zero-order chi connectivity index (χ0) is 21.9. The molecule has 32 heavy (non-hydrogen) atoms. The molecule has 0 spiro atoms. The first-order valence-corrected chi connectivity index (χ1v) is 11.5. The Bertz CT molecular complexity index is 1190. The van der Waals surface area contributed by atoms with E-state index in [0.29, 0.717) is 39.8 Å². The van der Waals surface area contributed by atoms with E-state index in [1.807, 2.05) is 54.6 Å². The molecule has 1 fully saturated rings. The first-order chi connectivity index (χ1) is 15.7. The van der Waals surface area contributed by atoms with Crippen molar-refractivity contribution in [2.45, 2.75) is 32.2 Å². The Hall–Kier alpha value is -2.96. The molecule has 1 N–H and O–H groups in total. The van der Waals surface area contributed by atoms with Crippen LogP contribution in [-0.4, -0.2) is 45.5 Å². The summed E-state index contributed by atoms with van der Waals surface area (Å²) in [5.41, 5.74) is 2.90. The average molecular weight is 448 g/mol. The summed E-state index contributed by atoms with van der Waals surface area (Å²) in [6.45, 7) is 5.34. The van der Waals surface area contributed by atoms with Gasteiger partial charge in [-0.15, -0.1) is 0 Å². The van der Waals surface area contributed by atoms with Crippen molar-refractivity contribution in [3.05, 3.63) is 59.6 Å². The number of benzene rings is 2. The Labute approximate surface area is 192 Å². The van der Waals surface area contributed by atoms with Gasteiger partial charge in [0.15, 0.2) is 11.6 Å². The van der Waals surface area contributed by atoms with Crippen LogP contribution >= 0.6 is 11.6 Å². The zero-order valence-corrected chi connectivity index (χ0v) is 18.8. The number of aromatic nitrogens is 3. The molecule has 1 unspecified atom stereocenters. The zero-order valence-electron chi connectivity index (χ0n) is 18.1. The molecule has 7 heteroatoms. The quantitative estimate of drug-likeness (QED) is 0.397. The highest BCUT2D eigenvalue weighted by Gasteiger charge is 2.20. The van der Waals surface area contributed by atoms with Crippen LogP contribution in [0.3, 0.4) is 0 Å². The molecule has 1 aliphatic heterocycles. The van der Waals surface area contributed by atoms with Gasteiger partial charge in [-0.1, -0.05) is 48.4 Å². The molecular weight excluding hydrogens is 422 g/mol. The number of halogens is 1. The number of oxazole rings is 1. The molecule has 1 saturated heterocycles. The predicted octanol–water partition coefficient (Wildman–Crippen LogP) is 5.89. The van der Waals surface area contributed by atoms with E-state index in [0.717, 1.165) is 30.8 Å². The molecule has 4 aromatic rings. The van der Waals surface area contributed by atoms with Crippen LogP contribution in [0, 0.1) is 0 Å². The second-order valence-electron chi connectivity index (χ2n) is 8.27. The van der Waals surface area contributed by atoms with Crippen molar-refractivity contribution in [3.8, 4) is 22.8 Å². The number of hydrogen-bond donors (Lipinski definition) is 1. The van der Waals surface area contributed by atoms with Gasteiger partial charge in [-0.3, -0.25) is 4.90 Å². The van der Waals surface area contributed by atoms with E-state index in [9.17, 15) is 0 Å². The van der Waals surface area contributed by atoms with Gasteiger partial charge in [-0.05, 0) is 57.1 Å². The topological polar surface area (TPSA) is 67.1 Å². The Morgan fingerprint density at radius 1 is 0.938 bits per heavy atom. The van der Waals surface area contributed by atoms with Crippen LogP contribution in [0.4, 0.5) is 5.82 Å². The van der Waals surface area contributed by atoms with Crippen molar-refractivity contribution >= 4 is 28.6 Å². The van der Waals surface area contributed by atoms with Crippen molar-refractivity contribution in [2.75, 3.05) is 25.0 Å². The number of fused-ring (bicyclic) bond motifs is 1. The number of likely N-dealkylation sites (tertiary alicyclic amines) is 1. The minimum Gasteiger partial charge on any atom is -0.430 e. The largest absolute Gasteiger partial charge is 0.430 e. The van der Waals surface area contributed by atoms with Crippen LogP contribution in [0.1, 0.15) is 26.2 Å². The van der Waals surface area contributed by atoms with Gasteiger partial charge in [0.25, 0.3) is 0 Å². The van der Waals surface area contributed by atoms with Gasteiger partial charge in [0.05, 0.1) is 0 Å². The third kappa shape index (κ3) is 4.47. The van der Waals surface area contributed by atoms with Crippen molar-refractivity contribution in [1.29, 1.82) is 0 Å². The van der Waals surface area contributed by atoms with Crippen molar-refractivity contribution in [1.82, 2.24) is 19.9 Å². The van der Waals surface area contributed by atoms with Gasteiger partial charge in [0.1, 0.15) is 0 Å². The van der Waals surface area contributed by atoms with E-state index in [1.165, 1.54) is 19.3 Å². The molecule has 0 bridgehead atoms. The highest BCUT2D eigenvalue weighted by atomic mass is 35.5. The van der Waals surface area contributed by atoms with Gasteiger partial charge in [0.2, 0.25) is 17.1 Å². The molecule has 2 aromatic carbocycles. The summed E-state index contributed by atoms with van der Waals surface area (Å²) in [7, 11) is 0. The van der Waals surface area contributed by atoms with Gasteiger partial charge in [0, 0.05) is 28.7 Å². The molecule has 6 nitrogen and oxygen atoms in total. The molecular formula is C25H26ClN5O. The van der Waals surface area contributed by atoms with Crippen LogP contribution < -0.4 is 5.32 Å². The molecule has 5 rings (SSSR count). The van der Waals surface area contributed by atoms with Crippen LogP contribution in [-0.2, 0) is 0 Å². The first kappa shape index (κ1) is 20.9. The summed E-state index contributed by atoms with van der Waals surface area (Å²) in [6, 6.07) is 17.8. The second-order valence-corrected chi connectivity index (χ2v) is 8.70. The molecule has 1 atom stereocenters. The van der Waals surface area contributed by atoms with Gasteiger partial charge >= 0.3 is 0 Å². The number of piperidine rings is 1. The fraction of sp³-hybridized carbons (Fsp3) is 0.320. The van der Waals surface area contributed by atoms with Crippen LogP contribution in [0.2, 0.25) is 5.02 Å². The number of nitrogens with zero attached hydrogens (tertiary/aromatic N) is 4. The number of hydrogen-bond acceptors (Lipinski definition) is 6. The highest BCUT2D eigenvalue weighted by molar-refractivity contribution is 6.30.